The molecule has 2 N–H and O–H groups in total. The second-order valence-electron chi connectivity index (χ2n) is 3.67. The van der Waals surface area contributed by atoms with Gasteiger partial charge in [-0.25, -0.2) is 0 Å². The zero-order valence-corrected chi connectivity index (χ0v) is 9.40. The Morgan fingerprint density at radius 2 is 2.07 bits per heavy atom. The van der Waals surface area contributed by atoms with Crippen molar-refractivity contribution in [3.05, 3.63) is 24.3 Å². The first-order chi connectivity index (χ1) is 7.26. The van der Waals surface area contributed by atoms with Crippen LogP contribution in [0.2, 0.25) is 0 Å². The molecule has 0 aromatic heterocycles. The van der Waals surface area contributed by atoms with Gasteiger partial charge < -0.3 is 15.2 Å². The van der Waals surface area contributed by atoms with Crippen molar-refractivity contribution in [1.82, 2.24) is 0 Å². The zero-order chi connectivity index (χ0) is 11.1. The van der Waals surface area contributed by atoms with Gasteiger partial charge in [0.25, 0.3) is 0 Å². The summed E-state index contributed by atoms with van der Waals surface area (Å²) in [6.07, 6.45) is 0.990. The largest absolute Gasteiger partial charge is 0.497 e. The molecule has 0 bridgehead atoms. The Hall–Kier alpha value is -1.22. The molecule has 1 aromatic carbocycles. The Morgan fingerprint density at radius 3 is 2.73 bits per heavy atom. The predicted octanol–water partition coefficient (Wildman–Crippen LogP) is 2.06. The third-order valence-electron chi connectivity index (χ3n) is 2.24. The maximum Gasteiger partial charge on any atom is 0.122 e. The third kappa shape index (κ3) is 4.21. The molecular formula is C12H19NO2. The highest BCUT2D eigenvalue weighted by Gasteiger charge is 2.02. The van der Waals surface area contributed by atoms with E-state index >= 15 is 0 Å². The Kier molecular flexibility index (Phi) is 4.98. The fraction of sp³-hybridized carbons (Fsp3) is 0.500. The molecule has 0 heterocycles. The van der Waals surface area contributed by atoms with Gasteiger partial charge in [0, 0.05) is 6.07 Å². The summed E-state index contributed by atoms with van der Waals surface area (Å²) in [6, 6.07) is 7.63. The molecule has 0 fully saturated rings. The van der Waals surface area contributed by atoms with Gasteiger partial charge in [-0.1, -0.05) is 13.0 Å². The summed E-state index contributed by atoms with van der Waals surface area (Å²) in [7, 11) is 1.65. The normalized spacial score (nSPS) is 12.2. The van der Waals surface area contributed by atoms with E-state index in [1.54, 1.807) is 7.11 Å². The summed E-state index contributed by atoms with van der Waals surface area (Å²) in [5.74, 6) is 2.15. The monoisotopic (exact) mass is 209 g/mol. The lowest BCUT2D eigenvalue weighted by Gasteiger charge is -2.12. The van der Waals surface area contributed by atoms with E-state index in [9.17, 15) is 0 Å². The van der Waals surface area contributed by atoms with Gasteiger partial charge in [-0.05, 0) is 31.0 Å². The van der Waals surface area contributed by atoms with E-state index in [1.165, 1.54) is 0 Å². The Morgan fingerprint density at radius 1 is 1.33 bits per heavy atom. The van der Waals surface area contributed by atoms with Crippen LogP contribution in [0, 0.1) is 5.92 Å². The minimum atomic E-state index is 0.487. The van der Waals surface area contributed by atoms with Gasteiger partial charge in [0.1, 0.15) is 11.5 Å². The Balaban J connectivity index is 2.43. The van der Waals surface area contributed by atoms with Gasteiger partial charge in [0.05, 0.1) is 13.7 Å². The number of methoxy groups -OCH3 is 1. The molecule has 1 atom stereocenters. The number of hydrogen-bond acceptors (Lipinski definition) is 3. The third-order valence-corrected chi connectivity index (χ3v) is 2.24. The van der Waals surface area contributed by atoms with E-state index in [0.29, 0.717) is 19.1 Å². The Labute approximate surface area is 91.2 Å². The fourth-order valence-corrected chi connectivity index (χ4v) is 1.30. The molecule has 1 rings (SSSR count). The van der Waals surface area contributed by atoms with Crippen molar-refractivity contribution < 1.29 is 9.47 Å². The van der Waals surface area contributed by atoms with Crippen LogP contribution in [0.5, 0.6) is 11.5 Å². The van der Waals surface area contributed by atoms with Crippen LogP contribution in [0.4, 0.5) is 0 Å². The van der Waals surface area contributed by atoms with Crippen LogP contribution in [-0.4, -0.2) is 20.3 Å². The topological polar surface area (TPSA) is 44.5 Å². The van der Waals surface area contributed by atoms with Crippen molar-refractivity contribution in [1.29, 1.82) is 0 Å². The van der Waals surface area contributed by atoms with Crippen LogP contribution >= 0.6 is 0 Å². The summed E-state index contributed by atoms with van der Waals surface area (Å²) >= 11 is 0. The fourth-order valence-electron chi connectivity index (χ4n) is 1.30. The van der Waals surface area contributed by atoms with Crippen LogP contribution in [-0.2, 0) is 0 Å². The lowest BCUT2D eigenvalue weighted by molar-refractivity contribution is 0.253. The lowest BCUT2D eigenvalue weighted by atomic mass is 10.1. The summed E-state index contributed by atoms with van der Waals surface area (Å²) in [5.41, 5.74) is 5.47. The maximum atomic E-state index is 5.63. The molecule has 1 aromatic rings. The standard InChI is InChI=1S/C12H19NO2/c1-10(6-7-13)9-15-12-5-3-4-11(8-12)14-2/h3-5,8,10H,6-7,9,13H2,1-2H3. The van der Waals surface area contributed by atoms with Crippen LogP contribution in [0.15, 0.2) is 24.3 Å². The van der Waals surface area contributed by atoms with Crippen LogP contribution in [0.25, 0.3) is 0 Å². The van der Waals surface area contributed by atoms with Gasteiger partial charge in [-0.3, -0.25) is 0 Å². The first-order valence-corrected chi connectivity index (χ1v) is 5.23. The molecule has 3 heteroatoms. The molecule has 0 amide bonds. The lowest BCUT2D eigenvalue weighted by Crippen LogP contribution is -2.13. The van der Waals surface area contributed by atoms with E-state index in [2.05, 4.69) is 6.92 Å². The molecule has 0 saturated heterocycles. The summed E-state index contributed by atoms with van der Waals surface area (Å²) in [6.45, 7) is 3.54. The molecule has 0 saturated carbocycles. The minimum absolute atomic E-state index is 0.487. The number of benzene rings is 1. The van der Waals surface area contributed by atoms with E-state index in [-0.39, 0.29) is 0 Å². The summed E-state index contributed by atoms with van der Waals surface area (Å²) in [5, 5.41) is 0. The average Bonchev–Trinajstić information content (AvgIpc) is 2.27. The highest BCUT2D eigenvalue weighted by molar-refractivity contribution is 5.32. The number of nitrogens with two attached hydrogens (primary N) is 1. The molecule has 0 aliphatic heterocycles. The van der Waals surface area contributed by atoms with Crippen LogP contribution in [0.1, 0.15) is 13.3 Å². The maximum absolute atomic E-state index is 5.63. The Bertz CT molecular complexity index is 289. The van der Waals surface area contributed by atoms with E-state index in [4.69, 9.17) is 15.2 Å². The van der Waals surface area contributed by atoms with Crippen molar-refractivity contribution in [2.45, 2.75) is 13.3 Å². The van der Waals surface area contributed by atoms with Gasteiger partial charge in [-0.2, -0.15) is 0 Å². The van der Waals surface area contributed by atoms with E-state index < -0.39 is 0 Å². The SMILES string of the molecule is COc1cccc(OCC(C)CCN)c1. The zero-order valence-electron chi connectivity index (χ0n) is 9.40. The highest BCUT2D eigenvalue weighted by atomic mass is 16.5. The summed E-state index contributed by atoms with van der Waals surface area (Å²) < 4.78 is 10.7. The van der Waals surface area contributed by atoms with Crippen molar-refractivity contribution in [2.75, 3.05) is 20.3 Å². The highest BCUT2D eigenvalue weighted by Crippen LogP contribution is 2.19. The quantitative estimate of drug-likeness (QED) is 0.780. The molecule has 0 aliphatic carbocycles. The average molecular weight is 209 g/mol. The molecule has 0 spiro atoms. The van der Waals surface area contributed by atoms with Gasteiger partial charge in [0.2, 0.25) is 0 Å². The van der Waals surface area contributed by atoms with Gasteiger partial charge in [0.15, 0.2) is 0 Å². The molecular weight excluding hydrogens is 190 g/mol. The number of hydrogen-bond donors (Lipinski definition) is 1. The first kappa shape index (κ1) is 11.9. The molecule has 3 nitrogen and oxygen atoms in total. The van der Waals surface area contributed by atoms with Crippen molar-refractivity contribution >= 4 is 0 Å². The molecule has 0 radical (unpaired) electrons. The van der Waals surface area contributed by atoms with Gasteiger partial charge >= 0.3 is 0 Å². The van der Waals surface area contributed by atoms with Crippen molar-refractivity contribution in [3.8, 4) is 11.5 Å². The molecule has 15 heavy (non-hydrogen) atoms. The second kappa shape index (κ2) is 6.30. The molecule has 84 valence electrons. The van der Waals surface area contributed by atoms with Crippen molar-refractivity contribution in [2.24, 2.45) is 11.7 Å². The second-order valence-corrected chi connectivity index (χ2v) is 3.67. The first-order valence-electron chi connectivity index (χ1n) is 5.23. The predicted molar refractivity (Wildman–Crippen MR) is 61.3 cm³/mol. The van der Waals surface area contributed by atoms with E-state index in [0.717, 1.165) is 17.9 Å². The van der Waals surface area contributed by atoms with Crippen LogP contribution in [0.3, 0.4) is 0 Å². The number of ether oxygens (including phenoxy) is 2. The molecule has 0 aliphatic rings. The smallest absolute Gasteiger partial charge is 0.122 e. The summed E-state index contributed by atoms with van der Waals surface area (Å²) in [4.78, 5) is 0. The number of rotatable bonds is 6. The van der Waals surface area contributed by atoms with Crippen molar-refractivity contribution in [3.63, 3.8) is 0 Å². The molecule has 1 unspecified atom stereocenters. The van der Waals surface area contributed by atoms with Gasteiger partial charge in [-0.15, -0.1) is 0 Å². The van der Waals surface area contributed by atoms with Crippen LogP contribution < -0.4 is 15.2 Å². The van der Waals surface area contributed by atoms with E-state index in [1.807, 2.05) is 24.3 Å². The minimum Gasteiger partial charge on any atom is -0.497 e.